The van der Waals surface area contributed by atoms with Crippen LogP contribution in [0, 0.1) is 13.8 Å². The van der Waals surface area contributed by atoms with Gasteiger partial charge in [0.1, 0.15) is 0 Å². The number of likely N-dealkylation sites (tertiary alicyclic amines) is 1. The van der Waals surface area contributed by atoms with Crippen LogP contribution in [0.5, 0.6) is 0 Å². The van der Waals surface area contributed by atoms with Crippen molar-refractivity contribution in [2.75, 3.05) is 13.6 Å². The zero-order valence-electron chi connectivity index (χ0n) is 12.0. The Balaban J connectivity index is 2.18. The summed E-state index contributed by atoms with van der Waals surface area (Å²) in [4.78, 5) is 2.33. The van der Waals surface area contributed by atoms with Gasteiger partial charge in [0, 0.05) is 19.0 Å². The molecule has 1 aromatic carbocycles. The standard InChI is InChI=1S/C16H25NO/c1-12-6-5-7-13(2)15(12)11-16(18)8-9-17(4)14(3)10-16/h5-7,14,18H,8-11H2,1-4H3. The molecule has 0 spiro atoms. The highest BCUT2D eigenvalue weighted by Gasteiger charge is 2.35. The number of hydrogen-bond acceptors (Lipinski definition) is 2. The third-order valence-corrected chi connectivity index (χ3v) is 4.51. The van der Waals surface area contributed by atoms with Gasteiger partial charge in [-0.05, 0) is 57.4 Å². The monoisotopic (exact) mass is 247 g/mol. The maximum atomic E-state index is 10.8. The van der Waals surface area contributed by atoms with E-state index < -0.39 is 5.60 Å². The smallest absolute Gasteiger partial charge is 0.0715 e. The molecule has 1 aliphatic heterocycles. The van der Waals surface area contributed by atoms with Gasteiger partial charge in [-0.3, -0.25) is 0 Å². The van der Waals surface area contributed by atoms with Crippen molar-refractivity contribution in [1.29, 1.82) is 0 Å². The average Bonchev–Trinajstić information content (AvgIpc) is 2.30. The zero-order chi connectivity index (χ0) is 13.3. The Bertz CT molecular complexity index is 409. The number of nitrogens with zero attached hydrogens (tertiary/aromatic N) is 1. The molecular weight excluding hydrogens is 222 g/mol. The summed E-state index contributed by atoms with van der Waals surface area (Å²) in [6, 6.07) is 6.84. The van der Waals surface area contributed by atoms with E-state index in [4.69, 9.17) is 0 Å². The second-order valence-electron chi connectivity index (χ2n) is 6.06. The second kappa shape index (κ2) is 5.02. The highest BCUT2D eigenvalue weighted by atomic mass is 16.3. The van der Waals surface area contributed by atoms with Gasteiger partial charge >= 0.3 is 0 Å². The minimum absolute atomic E-state index is 0.466. The van der Waals surface area contributed by atoms with Crippen LogP contribution in [0.1, 0.15) is 36.5 Å². The van der Waals surface area contributed by atoms with Crippen LogP contribution in [-0.2, 0) is 6.42 Å². The summed E-state index contributed by atoms with van der Waals surface area (Å²) in [5.74, 6) is 0. The molecule has 0 bridgehead atoms. The van der Waals surface area contributed by atoms with Gasteiger partial charge in [0.2, 0.25) is 0 Å². The van der Waals surface area contributed by atoms with Crippen LogP contribution >= 0.6 is 0 Å². The van der Waals surface area contributed by atoms with Crippen molar-refractivity contribution in [2.45, 2.75) is 51.7 Å². The molecule has 2 unspecified atom stereocenters. The zero-order valence-corrected chi connectivity index (χ0v) is 12.0. The lowest BCUT2D eigenvalue weighted by Gasteiger charge is -2.41. The number of aryl methyl sites for hydroxylation is 2. The van der Waals surface area contributed by atoms with Gasteiger partial charge in [0.25, 0.3) is 0 Å². The maximum absolute atomic E-state index is 10.8. The number of hydrogen-bond donors (Lipinski definition) is 1. The van der Waals surface area contributed by atoms with E-state index in [0.29, 0.717) is 6.04 Å². The molecule has 2 atom stereocenters. The van der Waals surface area contributed by atoms with Gasteiger partial charge in [-0.1, -0.05) is 18.2 Å². The highest BCUT2D eigenvalue weighted by Crippen LogP contribution is 2.31. The van der Waals surface area contributed by atoms with Crippen molar-refractivity contribution in [3.63, 3.8) is 0 Å². The first-order valence-corrected chi connectivity index (χ1v) is 6.89. The van der Waals surface area contributed by atoms with Crippen molar-refractivity contribution >= 4 is 0 Å². The Morgan fingerprint density at radius 1 is 1.33 bits per heavy atom. The lowest BCUT2D eigenvalue weighted by atomic mass is 9.80. The summed E-state index contributed by atoms with van der Waals surface area (Å²) in [5.41, 5.74) is 3.41. The van der Waals surface area contributed by atoms with Crippen molar-refractivity contribution in [1.82, 2.24) is 4.90 Å². The van der Waals surface area contributed by atoms with Crippen LogP contribution in [0.2, 0.25) is 0 Å². The SMILES string of the molecule is Cc1cccc(C)c1CC1(O)CCN(C)C(C)C1. The summed E-state index contributed by atoms with van der Waals surface area (Å²) < 4.78 is 0. The first kappa shape index (κ1) is 13.6. The molecule has 0 aromatic heterocycles. The molecule has 1 aliphatic rings. The van der Waals surface area contributed by atoms with Crippen molar-refractivity contribution < 1.29 is 5.11 Å². The van der Waals surface area contributed by atoms with E-state index in [2.05, 4.69) is 50.9 Å². The van der Waals surface area contributed by atoms with E-state index in [1.807, 2.05) is 0 Å². The minimum atomic E-state index is -0.525. The third-order valence-electron chi connectivity index (χ3n) is 4.51. The predicted molar refractivity (Wildman–Crippen MR) is 75.9 cm³/mol. The van der Waals surface area contributed by atoms with Crippen molar-refractivity contribution in [2.24, 2.45) is 0 Å². The molecule has 2 nitrogen and oxygen atoms in total. The van der Waals surface area contributed by atoms with Gasteiger partial charge in [-0.15, -0.1) is 0 Å². The molecule has 0 aliphatic carbocycles. The largest absolute Gasteiger partial charge is 0.389 e. The van der Waals surface area contributed by atoms with Crippen molar-refractivity contribution in [3.05, 3.63) is 34.9 Å². The highest BCUT2D eigenvalue weighted by molar-refractivity contribution is 5.34. The van der Waals surface area contributed by atoms with E-state index in [1.54, 1.807) is 0 Å². The summed E-state index contributed by atoms with van der Waals surface area (Å²) in [5, 5.41) is 10.8. The van der Waals surface area contributed by atoms with Crippen LogP contribution in [-0.4, -0.2) is 35.2 Å². The quantitative estimate of drug-likeness (QED) is 0.868. The van der Waals surface area contributed by atoms with Gasteiger partial charge in [-0.2, -0.15) is 0 Å². The molecule has 100 valence electrons. The van der Waals surface area contributed by atoms with Crippen LogP contribution in [0.15, 0.2) is 18.2 Å². The maximum Gasteiger partial charge on any atom is 0.0715 e. The van der Waals surface area contributed by atoms with Gasteiger partial charge in [-0.25, -0.2) is 0 Å². The van der Waals surface area contributed by atoms with E-state index in [1.165, 1.54) is 16.7 Å². The molecule has 1 heterocycles. The average molecular weight is 247 g/mol. The van der Waals surface area contributed by atoms with Gasteiger partial charge in [0.15, 0.2) is 0 Å². The van der Waals surface area contributed by atoms with Crippen LogP contribution < -0.4 is 0 Å². The summed E-state index contributed by atoms with van der Waals surface area (Å²) in [6.45, 7) is 7.48. The Labute approximate surface area is 111 Å². The molecule has 0 saturated carbocycles. The molecule has 0 amide bonds. The van der Waals surface area contributed by atoms with E-state index in [0.717, 1.165) is 25.8 Å². The molecular formula is C16H25NO. The van der Waals surface area contributed by atoms with Crippen LogP contribution in [0.4, 0.5) is 0 Å². The number of aliphatic hydroxyl groups is 1. The first-order chi connectivity index (χ1) is 8.41. The lowest BCUT2D eigenvalue weighted by Crippen LogP contribution is -2.48. The summed E-state index contributed by atoms with van der Waals surface area (Å²) in [7, 11) is 2.14. The number of rotatable bonds is 2. The third kappa shape index (κ3) is 2.76. The molecule has 2 rings (SSSR count). The van der Waals surface area contributed by atoms with E-state index in [9.17, 15) is 5.11 Å². The normalized spacial score (nSPS) is 29.5. The Morgan fingerprint density at radius 3 is 2.50 bits per heavy atom. The van der Waals surface area contributed by atoms with Crippen molar-refractivity contribution in [3.8, 4) is 0 Å². The molecule has 0 radical (unpaired) electrons. The molecule has 1 fully saturated rings. The van der Waals surface area contributed by atoms with E-state index >= 15 is 0 Å². The Kier molecular flexibility index (Phi) is 3.79. The van der Waals surface area contributed by atoms with Gasteiger partial charge in [0.05, 0.1) is 5.60 Å². The molecule has 2 heteroatoms. The second-order valence-corrected chi connectivity index (χ2v) is 6.06. The number of benzene rings is 1. The van der Waals surface area contributed by atoms with Crippen LogP contribution in [0.3, 0.4) is 0 Å². The van der Waals surface area contributed by atoms with Gasteiger partial charge < -0.3 is 10.0 Å². The summed E-state index contributed by atoms with van der Waals surface area (Å²) in [6.07, 6.45) is 2.54. The lowest BCUT2D eigenvalue weighted by molar-refractivity contribution is -0.0355. The Morgan fingerprint density at radius 2 is 1.94 bits per heavy atom. The summed E-state index contributed by atoms with van der Waals surface area (Å²) >= 11 is 0. The molecule has 1 saturated heterocycles. The molecule has 1 aromatic rings. The fourth-order valence-electron chi connectivity index (χ4n) is 3.03. The minimum Gasteiger partial charge on any atom is -0.389 e. The predicted octanol–water partition coefficient (Wildman–Crippen LogP) is 2.69. The van der Waals surface area contributed by atoms with Crippen LogP contribution in [0.25, 0.3) is 0 Å². The molecule has 1 N–H and O–H groups in total. The first-order valence-electron chi connectivity index (χ1n) is 6.89. The van der Waals surface area contributed by atoms with E-state index in [-0.39, 0.29) is 0 Å². The molecule has 18 heavy (non-hydrogen) atoms. The fraction of sp³-hybridized carbons (Fsp3) is 0.625. The fourth-order valence-corrected chi connectivity index (χ4v) is 3.03. The topological polar surface area (TPSA) is 23.5 Å². The number of piperidine rings is 1. The Hall–Kier alpha value is -0.860.